The van der Waals surface area contributed by atoms with Crippen molar-refractivity contribution in [1.29, 1.82) is 0 Å². The van der Waals surface area contributed by atoms with Gasteiger partial charge in [-0.2, -0.15) is 0 Å². The third-order valence-corrected chi connectivity index (χ3v) is 8.35. The minimum absolute atomic E-state index is 0.694. The Hall–Kier alpha value is -0.480. The molecule has 0 amide bonds. The fraction of sp³-hybridized carbons (Fsp3) is 0.750. The van der Waals surface area contributed by atoms with Crippen molar-refractivity contribution in [1.82, 2.24) is 0 Å². The van der Waals surface area contributed by atoms with Crippen molar-refractivity contribution >= 4 is 21.6 Å². The summed E-state index contributed by atoms with van der Waals surface area (Å²) in [4.78, 5) is 1.60. The first-order valence-corrected chi connectivity index (χ1v) is 14.2. The molecule has 0 radical (unpaired) electrons. The molecular formula is C24H42O2S2. The quantitative estimate of drug-likeness (QED) is 0.229. The highest BCUT2D eigenvalue weighted by Crippen LogP contribution is 2.20. The lowest BCUT2D eigenvalue weighted by Gasteiger charge is -2.09. The molecule has 0 fully saturated rings. The molecule has 1 aromatic rings. The number of unbranched alkanes of at least 4 members (excludes halogenated alkanes) is 12. The van der Waals surface area contributed by atoms with E-state index in [1.54, 1.807) is 0 Å². The van der Waals surface area contributed by atoms with Crippen LogP contribution in [0.5, 0.6) is 0 Å². The molecular weight excluding hydrogens is 384 g/mol. The molecule has 162 valence electrons. The fourth-order valence-electron chi connectivity index (χ4n) is 3.43. The zero-order chi connectivity index (χ0) is 20.5. The smallest absolute Gasteiger partial charge is 0.0549 e. The molecule has 1 rings (SSSR count). The molecule has 0 saturated heterocycles. The van der Waals surface area contributed by atoms with Crippen LogP contribution in [0.1, 0.15) is 104 Å². The summed E-state index contributed by atoms with van der Waals surface area (Å²) in [7, 11) is -2.06. The van der Waals surface area contributed by atoms with Crippen LogP contribution >= 0.6 is 0 Å². The molecule has 0 heterocycles. The van der Waals surface area contributed by atoms with Gasteiger partial charge in [0.1, 0.15) is 0 Å². The zero-order valence-corrected chi connectivity index (χ0v) is 19.9. The number of benzene rings is 1. The molecule has 0 spiro atoms. The molecule has 2 atom stereocenters. The lowest BCUT2D eigenvalue weighted by Crippen LogP contribution is -2.06. The average Bonchev–Trinajstić information content (AvgIpc) is 2.72. The Morgan fingerprint density at radius 2 is 0.857 bits per heavy atom. The standard InChI is InChI=1S/C24H42O2S2/c1-3-5-7-9-11-13-17-21-27(25)23-19-15-16-20-24(23)28(26)22-18-14-12-10-8-6-4-2/h15-16,19-20H,3-14,17-18,21-22H2,1-2H3. The summed E-state index contributed by atoms with van der Waals surface area (Å²) < 4.78 is 25.5. The van der Waals surface area contributed by atoms with Crippen molar-refractivity contribution < 1.29 is 8.42 Å². The Morgan fingerprint density at radius 3 is 1.21 bits per heavy atom. The Labute approximate surface area is 179 Å². The molecule has 0 N–H and O–H groups in total. The van der Waals surface area contributed by atoms with Crippen LogP contribution in [0.2, 0.25) is 0 Å². The highest BCUT2D eigenvalue weighted by Gasteiger charge is 2.14. The summed E-state index contributed by atoms with van der Waals surface area (Å²) in [5.41, 5.74) is 0. The van der Waals surface area contributed by atoms with Gasteiger partial charge < -0.3 is 0 Å². The van der Waals surface area contributed by atoms with Gasteiger partial charge in [-0.05, 0) is 25.0 Å². The van der Waals surface area contributed by atoms with Gasteiger partial charge in [0, 0.05) is 11.5 Å². The van der Waals surface area contributed by atoms with E-state index in [2.05, 4.69) is 13.8 Å². The van der Waals surface area contributed by atoms with Gasteiger partial charge in [-0.25, -0.2) is 0 Å². The van der Waals surface area contributed by atoms with Gasteiger partial charge in [0.15, 0.2) is 0 Å². The van der Waals surface area contributed by atoms with E-state index in [0.717, 1.165) is 35.5 Å². The van der Waals surface area contributed by atoms with E-state index < -0.39 is 21.6 Å². The summed E-state index contributed by atoms with van der Waals surface area (Å²) in [6, 6.07) is 7.67. The summed E-state index contributed by atoms with van der Waals surface area (Å²) in [6.07, 6.45) is 17.2. The fourth-order valence-corrected chi connectivity index (χ4v) is 6.40. The maximum Gasteiger partial charge on any atom is 0.0549 e. The first-order chi connectivity index (χ1) is 13.7. The Bertz CT molecular complexity index is 508. The highest BCUT2D eigenvalue weighted by atomic mass is 32.2. The van der Waals surface area contributed by atoms with Crippen molar-refractivity contribution in [3.05, 3.63) is 24.3 Å². The van der Waals surface area contributed by atoms with Crippen LogP contribution in [0.4, 0.5) is 0 Å². The first-order valence-electron chi connectivity index (χ1n) is 11.6. The van der Waals surface area contributed by atoms with Crippen molar-refractivity contribution in [2.24, 2.45) is 0 Å². The molecule has 28 heavy (non-hydrogen) atoms. The van der Waals surface area contributed by atoms with Gasteiger partial charge in [-0.3, -0.25) is 8.42 Å². The van der Waals surface area contributed by atoms with E-state index in [-0.39, 0.29) is 0 Å². The largest absolute Gasteiger partial charge is 0.254 e. The van der Waals surface area contributed by atoms with E-state index in [4.69, 9.17) is 0 Å². The molecule has 2 nitrogen and oxygen atoms in total. The third kappa shape index (κ3) is 11.5. The zero-order valence-electron chi connectivity index (χ0n) is 18.3. The van der Waals surface area contributed by atoms with E-state index in [9.17, 15) is 8.42 Å². The number of rotatable bonds is 18. The van der Waals surface area contributed by atoms with E-state index in [1.165, 1.54) is 64.2 Å². The van der Waals surface area contributed by atoms with Crippen LogP contribution in [0, 0.1) is 0 Å². The molecule has 0 saturated carbocycles. The van der Waals surface area contributed by atoms with Gasteiger partial charge in [0.05, 0.1) is 31.4 Å². The van der Waals surface area contributed by atoms with Gasteiger partial charge in [0.2, 0.25) is 0 Å². The van der Waals surface area contributed by atoms with Gasteiger partial charge in [0.25, 0.3) is 0 Å². The Balaban J connectivity index is 2.35. The summed E-state index contributed by atoms with van der Waals surface area (Å²) in [5.74, 6) is 1.39. The van der Waals surface area contributed by atoms with Crippen molar-refractivity contribution in [2.45, 2.75) is 114 Å². The van der Waals surface area contributed by atoms with E-state index in [0.29, 0.717) is 11.5 Å². The van der Waals surface area contributed by atoms with Gasteiger partial charge >= 0.3 is 0 Å². The first kappa shape index (κ1) is 25.6. The number of hydrogen-bond donors (Lipinski definition) is 0. The molecule has 0 aliphatic carbocycles. The maximum atomic E-state index is 12.8. The predicted molar refractivity (Wildman–Crippen MR) is 125 cm³/mol. The number of hydrogen-bond acceptors (Lipinski definition) is 2. The van der Waals surface area contributed by atoms with Crippen LogP contribution < -0.4 is 0 Å². The molecule has 1 aromatic carbocycles. The van der Waals surface area contributed by atoms with Crippen LogP contribution in [0.15, 0.2) is 34.1 Å². The SMILES string of the molecule is CCCCCCCCCS(=O)c1ccccc1S(=O)CCCCCCCCC. The van der Waals surface area contributed by atoms with Crippen molar-refractivity contribution in [3.8, 4) is 0 Å². The Morgan fingerprint density at radius 1 is 0.536 bits per heavy atom. The maximum absolute atomic E-state index is 12.8. The van der Waals surface area contributed by atoms with Crippen LogP contribution in [-0.2, 0) is 21.6 Å². The van der Waals surface area contributed by atoms with E-state index in [1.807, 2.05) is 24.3 Å². The lowest BCUT2D eigenvalue weighted by molar-refractivity contribution is 0.600. The molecule has 0 aliphatic rings. The van der Waals surface area contributed by atoms with Crippen LogP contribution in [0.3, 0.4) is 0 Å². The topological polar surface area (TPSA) is 34.1 Å². The third-order valence-electron chi connectivity index (χ3n) is 5.21. The second kappa shape index (κ2) is 17.4. The lowest BCUT2D eigenvalue weighted by atomic mass is 10.1. The van der Waals surface area contributed by atoms with Gasteiger partial charge in [-0.15, -0.1) is 0 Å². The Kier molecular flexibility index (Phi) is 15.9. The van der Waals surface area contributed by atoms with Crippen LogP contribution in [0.25, 0.3) is 0 Å². The summed E-state index contributed by atoms with van der Waals surface area (Å²) in [5, 5.41) is 0. The van der Waals surface area contributed by atoms with E-state index >= 15 is 0 Å². The second-order valence-corrected chi connectivity index (χ2v) is 10.9. The minimum atomic E-state index is -1.03. The van der Waals surface area contributed by atoms with Crippen molar-refractivity contribution in [3.63, 3.8) is 0 Å². The molecule has 0 aromatic heterocycles. The van der Waals surface area contributed by atoms with Crippen LogP contribution in [-0.4, -0.2) is 19.9 Å². The highest BCUT2D eigenvalue weighted by molar-refractivity contribution is 7.88. The van der Waals surface area contributed by atoms with Gasteiger partial charge in [-0.1, -0.05) is 103 Å². The molecule has 0 bridgehead atoms. The summed E-state index contributed by atoms with van der Waals surface area (Å²) >= 11 is 0. The normalized spacial score (nSPS) is 13.5. The minimum Gasteiger partial charge on any atom is -0.254 e. The molecule has 2 unspecified atom stereocenters. The predicted octanol–water partition coefficient (Wildman–Crippen LogP) is 7.40. The second-order valence-electron chi connectivity index (χ2n) is 7.79. The summed E-state index contributed by atoms with van der Waals surface area (Å²) in [6.45, 7) is 4.47. The van der Waals surface area contributed by atoms with Crippen molar-refractivity contribution in [2.75, 3.05) is 11.5 Å². The molecule has 0 aliphatic heterocycles. The molecule has 4 heteroatoms. The monoisotopic (exact) mass is 426 g/mol. The average molecular weight is 427 g/mol.